The predicted octanol–water partition coefficient (Wildman–Crippen LogP) is 1.22. The molecular weight excluding hydrogens is 304 g/mol. The molecule has 0 aliphatic rings. The molecule has 0 saturated carbocycles. The van der Waals surface area contributed by atoms with E-state index in [4.69, 9.17) is 14.3 Å². The van der Waals surface area contributed by atoms with Gasteiger partial charge in [0, 0.05) is 17.9 Å². The number of rotatable bonds is 6. The first-order valence-corrected chi connectivity index (χ1v) is 6.80. The van der Waals surface area contributed by atoms with Crippen LogP contribution < -0.4 is 10.4 Å². The number of ether oxygens (including phenoxy) is 1. The zero-order valence-corrected chi connectivity index (χ0v) is 11.9. The maximum atomic E-state index is 12.0. The van der Waals surface area contributed by atoms with E-state index in [1.165, 1.54) is 0 Å². The standard InChI is InChI=1S/C14H12N4O5/c19-12(20)2-1-5-22-9-4-3-8-6-10(13-15-17-18-16-13)14(21)23-11(8)7-9/h3-4,6-7H,1-2,5H2,(H,19,20)(H,15,16,17,18). The van der Waals surface area contributed by atoms with Crippen molar-refractivity contribution in [2.75, 3.05) is 6.61 Å². The van der Waals surface area contributed by atoms with Gasteiger partial charge in [0.25, 0.3) is 0 Å². The summed E-state index contributed by atoms with van der Waals surface area (Å²) in [6, 6.07) is 6.63. The van der Waals surface area contributed by atoms with Crippen LogP contribution in [0.25, 0.3) is 22.4 Å². The molecule has 0 atom stereocenters. The van der Waals surface area contributed by atoms with Crippen molar-refractivity contribution in [1.82, 2.24) is 20.6 Å². The number of hydrogen-bond acceptors (Lipinski definition) is 7. The molecular formula is C14H12N4O5. The Kier molecular flexibility index (Phi) is 4.00. The van der Waals surface area contributed by atoms with Gasteiger partial charge >= 0.3 is 11.6 Å². The number of nitrogens with one attached hydrogen (secondary N) is 1. The lowest BCUT2D eigenvalue weighted by molar-refractivity contribution is -0.137. The van der Waals surface area contributed by atoms with E-state index in [0.29, 0.717) is 23.1 Å². The topological polar surface area (TPSA) is 131 Å². The van der Waals surface area contributed by atoms with Crippen LogP contribution in [0.15, 0.2) is 33.5 Å². The third kappa shape index (κ3) is 3.34. The molecule has 0 aliphatic heterocycles. The van der Waals surface area contributed by atoms with Gasteiger partial charge in [-0.15, -0.1) is 10.2 Å². The van der Waals surface area contributed by atoms with E-state index >= 15 is 0 Å². The molecule has 0 aliphatic carbocycles. The number of fused-ring (bicyclic) bond motifs is 1. The summed E-state index contributed by atoms with van der Waals surface area (Å²) in [4.78, 5) is 22.4. The Morgan fingerprint density at radius 2 is 2.22 bits per heavy atom. The van der Waals surface area contributed by atoms with Crippen LogP contribution in [0.5, 0.6) is 5.75 Å². The molecule has 1 aromatic carbocycles. The van der Waals surface area contributed by atoms with E-state index in [9.17, 15) is 9.59 Å². The van der Waals surface area contributed by atoms with Crippen LogP contribution in [0.4, 0.5) is 0 Å². The molecule has 2 aromatic heterocycles. The first kappa shape index (κ1) is 14.7. The third-order valence-electron chi connectivity index (χ3n) is 3.10. The Hall–Kier alpha value is -3.23. The average Bonchev–Trinajstić information content (AvgIpc) is 3.04. The highest BCUT2D eigenvalue weighted by atomic mass is 16.5. The molecule has 0 fully saturated rings. The number of carboxylic acids is 1. The second-order valence-corrected chi connectivity index (χ2v) is 4.73. The summed E-state index contributed by atoms with van der Waals surface area (Å²) in [5, 5.41) is 22.4. The minimum Gasteiger partial charge on any atom is -0.493 e. The smallest absolute Gasteiger partial charge is 0.347 e. The number of carboxylic acid groups (broad SMARTS) is 1. The molecule has 3 aromatic rings. The van der Waals surface area contributed by atoms with Crippen molar-refractivity contribution < 1.29 is 19.1 Å². The van der Waals surface area contributed by atoms with E-state index in [0.717, 1.165) is 0 Å². The summed E-state index contributed by atoms with van der Waals surface area (Å²) in [5.74, 6) is -0.208. The first-order valence-electron chi connectivity index (χ1n) is 6.80. The van der Waals surface area contributed by atoms with E-state index in [1.54, 1.807) is 24.3 Å². The quantitative estimate of drug-likeness (QED) is 0.512. The van der Waals surface area contributed by atoms with E-state index < -0.39 is 11.6 Å². The number of hydrogen-bond donors (Lipinski definition) is 2. The molecule has 0 bridgehead atoms. The van der Waals surface area contributed by atoms with Gasteiger partial charge in [0.1, 0.15) is 16.9 Å². The minimum atomic E-state index is -0.868. The number of benzene rings is 1. The number of tetrazole rings is 1. The number of H-pyrrole nitrogens is 1. The van der Waals surface area contributed by atoms with Gasteiger partial charge in [0.15, 0.2) is 0 Å². The zero-order valence-electron chi connectivity index (χ0n) is 11.9. The Balaban J connectivity index is 1.82. The fourth-order valence-electron chi connectivity index (χ4n) is 2.03. The van der Waals surface area contributed by atoms with Gasteiger partial charge in [-0.1, -0.05) is 0 Å². The molecule has 0 unspecified atom stereocenters. The molecule has 0 radical (unpaired) electrons. The summed E-state index contributed by atoms with van der Waals surface area (Å²) < 4.78 is 10.7. The lowest BCUT2D eigenvalue weighted by Gasteiger charge is -2.06. The highest BCUT2D eigenvalue weighted by Gasteiger charge is 2.12. The second kappa shape index (κ2) is 6.26. The second-order valence-electron chi connectivity index (χ2n) is 4.73. The van der Waals surface area contributed by atoms with Crippen LogP contribution in [0.1, 0.15) is 12.8 Å². The van der Waals surface area contributed by atoms with Gasteiger partial charge in [0.05, 0.1) is 6.61 Å². The molecule has 2 heterocycles. The van der Waals surface area contributed by atoms with Crippen LogP contribution in [-0.4, -0.2) is 38.3 Å². The Labute approximate surface area is 128 Å². The SMILES string of the molecule is O=C(O)CCCOc1ccc2cc(-c3nn[nH]n3)c(=O)oc2c1. The van der Waals surface area contributed by atoms with Gasteiger partial charge in [-0.25, -0.2) is 4.79 Å². The van der Waals surface area contributed by atoms with E-state index in [-0.39, 0.29) is 24.4 Å². The molecule has 2 N–H and O–H groups in total. The maximum Gasteiger partial charge on any atom is 0.347 e. The zero-order chi connectivity index (χ0) is 16.2. The molecule has 9 heteroatoms. The maximum absolute atomic E-state index is 12.0. The molecule has 0 saturated heterocycles. The molecule has 9 nitrogen and oxygen atoms in total. The van der Waals surface area contributed by atoms with Gasteiger partial charge in [-0.2, -0.15) is 5.21 Å². The fraction of sp³-hybridized carbons (Fsp3) is 0.214. The van der Waals surface area contributed by atoms with Crippen LogP contribution >= 0.6 is 0 Å². The number of aliphatic carboxylic acids is 1. The van der Waals surface area contributed by atoms with Crippen molar-refractivity contribution in [3.63, 3.8) is 0 Å². The molecule has 3 rings (SSSR count). The minimum absolute atomic E-state index is 0.0384. The van der Waals surface area contributed by atoms with Gasteiger partial charge in [-0.3, -0.25) is 4.79 Å². The normalized spacial score (nSPS) is 10.8. The molecule has 118 valence electrons. The highest BCUT2D eigenvalue weighted by Crippen LogP contribution is 2.22. The predicted molar refractivity (Wildman–Crippen MR) is 78.0 cm³/mol. The number of aromatic amines is 1. The first-order chi connectivity index (χ1) is 11.1. The number of carbonyl (C=O) groups is 1. The fourth-order valence-corrected chi connectivity index (χ4v) is 2.03. The number of aromatic nitrogens is 4. The molecule has 0 spiro atoms. The third-order valence-corrected chi connectivity index (χ3v) is 3.10. The van der Waals surface area contributed by atoms with Crippen molar-refractivity contribution in [3.05, 3.63) is 34.7 Å². The van der Waals surface area contributed by atoms with Crippen molar-refractivity contribution in [2.45, 2.75) is 12.8 Å². The van der Waals surface area contributed by atoms with Gasteiger partial charge in [0.2, 0.25) is 5.82 Å². The Morgan fingerprint density at radius 1 is 1.35 bits per heavy atom. The summed E-state index contributed by atoms with van der Waals surface area (Å²) >= 11 is 0. The Morgan fingerprint density at radius 3 is 2.96 bits per heavy atom. The van der Waals surface area contributed by atoms with E-state index in [2.05, 4.69) is 20.6 Å². The largest absolute Gasteiger partial charge is 0.493 e. The van der Waals surface area contributed by atoms with Crippen molar-refractivity contribution in [3.8, 4) is 17.1 Å². The van der Waals surface area contributed by atoms with Crippen molar-refractivity contribution >= 4 is 16.9 Å². The van der Waals surface area contributed by atoms with Crippen LogP contribution in [0.2, 0.25) is 0 Å². The monoisotopic (exact) mass is 316 g/mol. The van der Waals surface area contributed by atoms with E-state index in [1.807, 2.05) is 0 Å². The summed E-state index contributed by atoms with van der Waals surface area (Å²) in [6.07, 6.45) is 0.435. The molecule has 23 heavy (non-hydrogen) atoms. The lowest BCUT2D eigenvalue weighted by atomic mass is 10.1. The summed E-state index contributed by atoms with van der Waals surface area (Å²) in [7, 11) is 0. The molecule has 0 amide bonds. The highest BCUT2D eigenvalue weighted by molar-refractivity contribution is 5.81. The Bertz CT molecular complexity index is 888. The summed E-state index contributed by atoms with van der Waals surface area (Å²) in [5.41, 5.74) is -0.0127. The summed E-state index contributed by atoms with van der Waals surface area (Å²) in [6.45, 7) is 0.267. The van der Waals surface area contributed by atoms with Crippen molar-refractivity contribution in [2.24, 2.45) is 0 Å². The lowest BCUT2D eigenvalue weighted by Crippen LogP contribution is -2.04. The van der Waals surface area contributed by atoms with Gasteiger partial charge < -0.3 is 14.3 Å². The van der Waals surface area contributed by atoms with Crippen LogP contribution in [-0.2, 0) is 4.79 Å². The van der Waals surface area contributed by atoms with Crippen molar-refractivity contribution in [1.29, 1.82) is 0 Å². The average molecular weight is 316 g/mol. The number of nitrogens with zero attached hydrogens (tertiary/aromatic N) is 3. The van der Waals surface area contributed by atoms with Crippen LogP contribution in [0, 0.1) is 0 Å². The van der Waals surface area contributed by atoms with Crippen LogP contribution in [0.3, 0.4) is 0 Å². The van der Waals surface area contributed by atoms with Gasteiger partial charge in [-0.05, 0) is 29.8 Å².